The third-order valence-electron chi connectivity index (χ3n) is 13.0. The summed E-state index contributed by atoms with van der Waals surface area (Å²) in [5.41, 5.74) is -0.933. The highest BCUT2D eigenvalue weighted by atomic mass is 32.2. The first-order valence-corrected chi connectivity index (χ1v) is 23.1. The first-order chi connectivity index (χ1) is 30.0. The molecule has 1 saturated heterocycles. The lowest BCUT2D eigenvalue weighted by atomic mass is 9.82. The van der Waals surface area contributed by atoms with E-state index in [-0.39, 0.29) is 50.9 Å². The summed E-state index contributed by atoms with van der Waals surface area (Å²) in [6, 6.07) is 0.0300. The van der Waals surface area contributed by atoms with Crippen molar-refractivity contribution in [3.05, 3.63) is 60.2 Å². The molecule has 19 nitrogen and oxygen atoms in total. The molecule has 0 bridgehead atoms. The molecule has 0 spiro atoms. The molecule has 6 aliphatic rings. The number of nitrogens with one attached hydrogen (secondary N) is 4. The Hall–Kier alpha value is -5.79. The third-order valence-corrected chi connectivity index (χ3v) is 14.8. The van der Waals surface area contributed by atoms with Crippen molar-refractivity contribution in [3.63, 3.8) is 0 Å². The molecule has 338 valence electrons. The van der Waals surface area contributed by atoms with Gasteiger partial charge < -0.3 is 35.1 Å². The zero-order valence-electron chi connectivity index (χ0n) is 35.6. The van der Waals surface area contributed by atoms with Gasteiger partial charge in [0.05, 0.1) is 24.5 Å². The summed E-state index contributed by atoms with van der Waals surface area (Å²) < 4.78 is 45.0. The molecule has 3 aliphatic carbocycles. The second-order valence-corrected chi connectivity index (χ2v) is 20.4. The van der Waals surface area contributed by atoms with Gasteiger partial charge in [-0.05, 0) is 55.1 Å². The Morgan fingerprint density at radius 3 is 2.43 bits per heavy atom. The lowest BCUT2D eigenvalue weighted by molar-refractivity contribution is -0.145. The predicted octanol–water partition coefficient (Wildman–Crippen LogP) is 2.21. The Morgan fingerprint density at radius 2 is 1.76 bits per heavy atom. The van der Waals surface area contributed by atoms with Gasteiger partial charge in [-0.3, -0.25) is 38.6 Å². The monoisotopic (exact) mass is 890 g/mol. The summed E-state index contributed by atoms with van der Waals surface area (Å²) in [5.74, 6) is -3.23. The zero-order valence-corrected chi connectivity index (χ0v) is 36.4. The minimum atomic E-state index is -3.97. The summed E-state index contributed by atoms with van der Waals surface area (Å²) in [4.78, 5) is 95.5. The van der Waals surface area contributed by atoms with E-state index in [0.717, 1.165) is 30.4 Å². The first kappa shape index (κ1) is 43.8. The molecule has 0 unspecified atom stereocenters. The molecule has 6 amide bonds. The van der Waals surface area contributed by atoms with Crippen LogP contribution in [0.15, 0.2) is 43.4 Å². The van der Waals surface area contributed by atoms with Crippen LogP contribution in [0.2, 0.25) is 0 Å². The first-order valence-electron chi connectivity index (χ1n) is 21.5. The van der Waals surface area contributed by atoms with Crippen LogP contribution in [0, 0.1) is 17.3 Å². The molecule has 4 fully saturated rings. The fourth-order valence-corrected chi connectivity index (χ4v) is 10.5. The van der Waals surface area contributed by atoms with Gasteiger partial charge in [-0.15, -0.1) is 6.58 Å². The molecule has 3 saturated carbocycles. The van der Waals surface area contributed by atoms with Crippen LogP contribution in [0.4, 0.5) is 4.79 Å². The number of sulfonamides is 1. The number of rotatable bonds is 13. The van der Waals surface area contributed by atoms with Crippen molar-refractivity contribution in [2.45, 2.75) is 127 Å². The topological polar surface area (TPSA) is 245 Å². The van der Waals surface area contributed by atoms with Crippen molar-refractivity contribution in [3.8, 4) is 11.5 Å². The van der Waals surface area contributed by atoms with E-state index in [0.29, 0.717) is 37.2 Å². The standard InChI is InChI=1S/C43H54N8O11S/c1-5-26-18-43(26,40(56)49-63(58,59)28-12-13-28)48-37(53)31-17-27(62-41(57)50-20-25-11-14-32-34(29(25)22-50)61-23-60-32)21-51(31)39(55)35(42(2,3)4)47-38(54)33(24-9-7-6-8-10-24)46-36(52)30-19-44-15-16-45-30/h5,11,14-16,19,24,26-28,31,33,35H,1,6-10,12-13,17-18,20-23H2,2-4H3,(H,46,52)(H,47,54)(H,48,53)(H,49,56)/t26-,27+,31-,33-,35+,43-/m0/s1. The molecule has 6 atom stereocenters. The van der Waals surface area contributed by atoms with Gasteiger partial charge >= 0.3 is 6.09 Å². The number of carbonyl (C=O) groups is 6. The maximum Gasteiger partial charge on any atom is 0.410 e. The van der Waals surface area contributed by atoms with Gasteiger partial charge in [-0.25, -0.2) is 18.2 Å². The van der Waals surface area contributed by atoms with Crippen molar-refractivity contribution >= 4 is 45.7 Å². The highest BCUT2D eigenvalue weighted by Crippen LogP contribution is 2.46. The number of carbonyl (C=O) groups excluding carboxylic acids is 6. The fraction of sp³-hybridized carbons (Fsp3) is 0.581. The van der Waals surface area contributed by atoms with E-state index in [1.54, 1.807) is 26.8 Å². The predicted molar refractivity (Wildman–Crippen MR) is 223 cm³/mol. The van der Waals surface area contributed by atoms with E-state index in [4.69, 9.17) is 14.2 Å². The van der Waals surface area contributed by atoms with Gasteiger partial charge in [0.2, 0.25) is 34.5 Å². The number of hydrogen-bond donors (Lipinski definition) is 4. The molecule has 2 aromatic rings. The van der Waals surface area contributed by atoms with Crippen LogP contribution in [0.5, 0.6) is 11.5 Å². The molecule has 3 aliphatic heterocycles. The highest BCUT2D eigenvalue weighted by molar-refractivity contribution is 7.91. The van der Waals surface area contributed by atoms with Crippen molar-refractivity contribution in [2.75, 3.05) is 13.3 Å². The highest BCUT2D eigenvalue weighted by Gasteiger charge is 2.62. The number of benzene rings is 1. The average molecular weight is 891 g/mol. The number of hydrogen-bond acceptors (Lipinski definition) is 13. The van der Waals surface area contributed by atoms with Crippen LogP contribution in [0.3, 0.4) is 0 Å². The second-order valence-electron chi connectivity index (χ2n) is 18.5. The van der Waals surface area contributed by atoms with Gasteiger partial charge in [0, 0.05) is 36.8 Å². The van der Waals surface area contributed by atoms with Gasteiger partial charge in [0.25, 0.3) is 11.8 Å². The average Bonchev–Trinajstić information content (AvgIpc) is 4.06. The molecule has 8 rings (SSSR count). The summed E-state index contributed by atoms with van der Waals surface area (Å²) >= 11 is 0. The lowest BCUT2D eigenvalue weighted by Crippen LogP contribution is -2.62. The van der Waals surface area contributed by atoms with Crippen molar-refractivity contribution in [1.29, 1.82) is 0 Å². The number of fused-ring (bicyclic) bond motifs is 3. The Bertz CT molecular complexity index is 2300. The molecule has 4 heterocycles. The SMILES string of the molecule is C=C[C@H]1C[C@@]1(NC(=O)[C@@H]1C[C@@H](OC(=O)N2Cc3ccc4c(c3C2)OCO4)CN1C(=O)[C@@H](NC(=O)[C@@H](NC(=O)c1cnccn1)C1CCCCC1)C(C)(C)C)C(=O)NS(=O)(=O)C1CC1. The number of ether oxygens (including phenoxy) is 3. The van der Waals surface area contributed by atoms with Crippen LogP contribution >= 0.6 is 0 Å². The summed E-state index contributed by atoms with van der Waals surface area (Å²) in [7, 11) is -3.97. The van der Waals surface area contributed by atoms with Crippen LogP contribution in [-0.4, -0.2) is 112 Å². The van der Waals surface area contributed by atoms with Gasteiger partial charge in [-0.1, -0.05) is 52.2 Å². The Morgan fingerprint density at radius 1 is 1.00 bits per heavy atom. The number of likely N-dealkylation sites (tertiary alicyclic amines) is 1. The smallest absolute Gasteiger partial charge is 0.410 e. The van der Waals surface area contributed by atoms with Crippen molar-refractivity contribution < 1.29 is 51.4 Å². The molecule has 20 heteroatoms. The molecule has 1 aromatic heterocycles. The normalized spacial score (nSPS) is 25.0. The molecule has 0 radical (unpaired) electrons. The number of nitrogens with zero attached hydrogens (tertiary/aromatic N) is 4. The summed E-state index contributed by atoms with van der Waals surface area (Å²) in [5, 5.41) is 7.83. The maximum atomic E-state index is 15.0. The second kappa shape index (κ2) is 17.1. The summed E-state index contributed by atoms with van der Waals surface area (Å²) in [6.07, 6.45) is 8.64. The lowest BCUT2D eigenvalue weighted by Gasteiger charge is -2.37. The van der Waals surface area contributed by atoms with Crippen molar-refractivity contribution in [1.82, 2.24) is 40.4 Å². The molecule has 4 N–H and O–H groups in total. The summed E-state index contributed by atoms with van der Waals surface area (Å²) in [6.45, 7) is 9.25. The van der Waals surface area contributed by atoms with Crippen molar-refractivity contribution in [2.24, 2.45) is 17.3 Å². The third kappa shape index (κ3) is 9.04. The van der Waals surface area contributed by atoms with E-state index in [2.05, 4.69) is 37.2 Å². The van der Waals surface area contributed by atoms with Gasteiger partial charge in [-0.2, -0.15) is 0 Å². The molecular formula is C43H54N8O11S. The minimum absolute atomic E-state index is 0.0242. The van der Waals surface area contributed by atoms with E-state index in [1.165, 1.54) is 34.5 Å². The van der Waals surface area contributed by atoms with Gasteiger partial charge in [0.15, 0.2) is 11.5 Å². The Balaban J connectivity index is 1.04. The Kier molecular flexibility index (Phi) is 11.9. The van der Waals surface area contributed by atoms with E-state index < -0.39 is 92.0 Å². The fourth-order valence-electron chi connectivity index (χ4n) is 9.13. The van der Waals surface area contributed by atoms with Gasteiger partial charge in [0.1, 0.15) is 35.5 Å². The van der Waals surface area contributed by atoms with E-state index >= 15 is 4.79 Å². The number of amides is 6. The van der Waals surface area contributed by atoms with Crippen LogP contribution in [0.25, 0.3) is 0 Å². The number of aromatic nitrogens is 2. The van der Waals surface area contributed by atoms with Crippen LogP contribution in [-0.2, 0) is 47.0 Å². The molecular weight excluding hydrogens is 837 g/mol. The van der Waals surface area contributed by atoms with E-state index in [1.807, 2.05) is 6.07 Å². The molecule has 63 heavy (non-hydrogen) atoms. The molecule has 1 aromatic carbocycles. The minimum Gasteiger partial charge on any atom is -0.454 e. The van der Waals surface area contributed by atoms with Crippen LogP contribution in [0.1, 0.15) is 100 Å². The Labute approximate surface area is 365 Å². The van der Waals surface area contributed by atoms with E-state index in [9.17, 15) is 32.4 Å². The quantitative estimate of drug-likeness (QED) is 0.211. The zero-order chi connectivity index (χ0) is 44.8. The van der Waals surface area contributed by atoms with Crippen LogP contribution < -0.4 is 30.1 Å². The maximum absolute atomic E-state index is 15.0. The largest absolute Gasteiger partial charge is 0.454 e.